The van der Waals surface area contributed by atoms with E-state index in [1.54, 1.807) is 0 Å². The number of nitrogens with zero attached hydrogens (tertiary/aromatic N) is 1. The van der Waals surface area contributed by atoms with E-state index in [0.29, 0.717) is 0 Å². The van der Waals surface area contributed by atoms with Crippen LogP contribution in [0, 0.1) is 0 Å². The first kappa shape index (κ1) is 10.8. The molecule has 1 rings (SSSR count). The van der Waals surface area contributed by atoms with E-state index in [0.717, 1.165) is 12.3 Å². The summed E-state index contributed by atoms with van der Waals surface area (Å²) in [5.74, 6) is -1.22. The van der Waals surface area contributed by atoms with E-state index in [9.17, 15) is 18.0 Å². The maximum absolute atomic E-state index is 12.2. The topological polar surface area (TPSA) is 56.0 Å². The highest BCUT2D eigenvalue weighted by Crippen LogP contribution is 2.30. The van der Waals surface area contributed by atoms with Crippen LogP contribution in [0.5, 0.6) is 0 Å². The van der Waals surface area contributed by atoms with Crippen molar-refractivity contribution in [3.8, 4) is 0 Å². The van der Waals surface area contributed by atoms with Crippen LogP contribution < -0.4 is 5.73 Å². The van der Waals surface area contributed by atoms with Crippen LogP contribution in [-0.2, 0) is 6.18 Å². The molecule has 0 aliphatic heterocycles. The minimum absolute atomic E-state index is 0.0770. The number of carbonyl (C=O) groups excluding carboxylic acids is 1. The van der Waals surface area contributed by atoms with Crippen LogP contribution in [0.1, 0.15) is 16.1 Å². The summed E-state index contributed by atoms with van der Waals surface area (Å²) in [5.41, 5.74) is 2.69. The first-order valence-corrected chi connectivity index (χ1v) is 3.72. The lowest BCUT2D eigenvalue weighted by Gasteiger charge is -2.08. The average molecular weight is 225 g/mol. The zero-order valence-corrected chi connectivity index (χ0v) is 7.36. The van der Waals surface area contributed by atoms with Gasteiger partial charge in [-0.2, -0.15) is 13.2 Å². The Hall–Kier alpha value is -1.30. The second-order valence-electron chi connectivity index (χ2n) is 2.41. The molecular formula is C7H4ClF3N2O. The molecule has 1 heterocycles. The molecule has 1 aromatic heterocycles. The van der Waals surface area contributed by atoms with Gasteiger partial charge in [0.15, 0.2) is 5.69 Å². The highest BCUT2D eigenvalue weighted by molar-refractivity contribution is 6.30. The fourth-order valence-corrected chi connectivity index (χ4v) is 1.01. The van der Waals surface area contributed by atoms with Crippen molar-refractivity contribution in [2.45, 2.75) is 6.18 Å². The largest absolute Gasteiger partial charge is 0.434 e. The van der Waals surface area contributed by atoms with Crippen molar-refractivity contribution in [3.63, 3.8) is 0 Å². The van der Waals surface area contributed by atoms with Crippen molar-refractivity contribution in [2.24, 2.45) is 5.73 Å². The Labute approximate surface area is 81.7 Å². The van der Waals surface area contributed by atoms with Crippen molar-refractivity contribution in [2.75, 3.05) is 0 Å². The Bertz CT molecular complexity index is 378. The molecule has 0 spiro atoms. The summed E-state index contributed by atoms with van der Waals surface area (Å²) in [6, 6.07) is 0.833. The van der Waals surface area contributed by atoms with Gasteiger partial charge in [-0.3, -0.25) is 4.79 Å². The van der Waals surface area contributed by atoms with Crippen molar-refractivity contribution in [1.29, 1.82) is 0 Å². The van der Waals surface area contributed by atoms with Crippen LogP contribution in [0.2, 0.25) is 5.02 Å². The maximum Gasteiger partial charge on any atom is 0.434 e. The number of pyridine rings is 1. The van der Waals surface area contributed by atoms with Gasteiger partial charge >= 0.3 is 6.18 Å². The molecule has 14 heavy (non-hydrogen) atoms. The Balaban J connectivity index is 3.37. The van der Waals surface area contributed by atoms with E-state index in [2.05, 4.69) is 4.98 Å². The molecule has 76 valence electrons. The number of carbonyl (C=O) groups is 1. The summed E-state index contributed by atoms with van der Waals surface area (Å²) in [4.78, 5) is 13.7. The van der Waals surface area contributed by atoms with Gasteiger partial charge in [0.25, 0.3) is 5.91 Å². The van der Waals surface area contributed by atoms with Crippen LogP contribution in [0.25, 0.3) is 0 Å². The van der Waals surface area contributed by atoms with Gasteiger partial charge in [-0.25, -0.2) is 4.98 Å². The molecule has 0 fully saturated rings. The third-order valence-corrected chi connectivity index (χ3v) is 1.59. The van der Waals surface area contributed by atoms with Gasteiger partial charge in [-0.15, -0.1) is 0 Å². The van der Waals surface area contributed by atoms with Gasteiger partial charge in [-0.05, 0) is 6.07 Å². The molecule has 0 saturated carbocycles. The first-order valence-electron chi connectivity index (χ1n) is 3.35. The zero-order chi connectivity index (χ0) is 10.9. The van der Waals surface area contributed by atoms with Crippen LogP contribution in [-0.4, -0.2) is 10.9 Å². The number of alkyl halides is 3. The van der Waals surface area contributed by atoms with E-state index >= 15 is 0 Å². The predicted octanol–water partition coefficient (Wildman–Crippen LogP) is 1.85. The van der Waals surface area contributed by atoms with E-state index in [1.807, 2.05) is 0 Å². The van der Waals surface area contributed by atoms with Crippen molar-refractivity contribution < 1.29 is 18.0 Å². The minimum atomic E-state index is -4.71. The number of hydrogen-bond acceptors (Lipinski definition) is 2. The number of rotatable bonds is 1. The van der Waals surface area contributed by atoms with Gasteiger partial charge < -0.3 is 5.73 Å². The molecule has 0 unspecified atom stereocenters. The molecular weight excluding hydrogens is 221 g/mol. The third kappa shape index (κ3) is 2.14. The second kappa shape index (κ2) is 3.45. The summed E-state index contributed by atoms with van der Waals surface area (Å²) in [6.07, 6.45) is -3.91. The van der Waals surface area contributed by atoms with Gasteiger partial charge in [0.2, 0.25) is 0 Å². The average Bonchev–Trinajstić information content (AvgIpc) is 2.01. The van der Waals surface area contributed by atoms with Gasteiger partial charge in [0, 0.05) is 6.20 Å². The van der Waals surface area contributed by atoms with E-state index in [1.165, 1.54) is 0 Å². The molecule has 0 aromatic carbocycles. The number of halogens is 4. The van der Waals surface area contributed by atoms with Crippen molar-refractivity contribution in [1.82, 2.24) is 4.98 Å². The molecule has 0 atom stereocenters. The Kier molecular flexibility index (Phi) is 2.66. The first-order chi connectivity index (χ1) is 6.32. The standard InChI is InChI=1S/C7H4ClF3N2O/c8-3-1-4(6(12)14)5(13-2-3)7(9,10)11/h1-2H,(H2,12,14). The minimum Gasteiger partial charge on any atom is -0.366 e. The summed E-state index contributed by atoms with van der Waals surface area (Å²) >= 11 is 5.37. The molecule has 2 N–H and O–H groups in total. The highest BCUT2D eigenvalue weighted by Gasteiger charge is 2.36. The second-order valence-corrected chi connectivity index (χ2v) is 2.85. The van der Waals surface area contributed by atoms with E-state index < -0.39 is 23.3 Å². The lowest BCUT2D eigenvalue weighted by Crippen LogP contribution is -2.20. The molecule has 0 radical (unpaired) electrons. The number of amides is 1. The van der Waals surface area contributed by atoms with Gasteiger partial charge in [0.1, 0.15) is 0 Å². The van der Waals surface area contributed by atoms with Crippen LogP contribution in [0.15, 0.2) is 12.3 Å². The number of hydrogen-bond donors (Lipinski definition) is 1. The third-order valence-electron chi connectivity index (χ3n) is 1.39. The number of nitrogens with two attached hydrogens (primary N) is 1. The van der Waals surface area contributed by atoms with Crippen LogP contribution >= 0.6 is 11.6 Å². The Morgan fingerprint density at radius 3 is 2.50 bits per heavy atom. The Morgan fingerprint density at radius 1 is 1.50 bits per heavy atom. The van der Waals surface area contributed by atoms with Crippen molar-refractivity contribution in [3.05, 3.63) is 28.5 Å². The number of primary amides is 1. The Morgan fingerprint density at radius 2 is 2.07 bits per heavy atom. The van der Waals surface area contributed by atoms with Crippen molar-refractivity contribution >= 4 is 17.5 Å². The molecule has 0 aliphatic rings. The molecule has 1 aromatic rings. The predicted molar refractivity (Wildman–Crippen MR) is 42.8 cm³/mol. The molecule has 1 amide bonds. The molecule has 0 bridgehead atoms. The van der Waals surface area contributed by atoms with E-state index in [-0.39, 0.29) is 5.02 Å². The summed E-state index contributed by atoms with van der Waals surface area (Å²) in [6.45, 7) is 0. The fraction of sp³-hybridized carbons (Fsp3) is 0.143. The van der Waals surface area contributed by atoms with Crippen LogP contribution in [0.3, 0.4) is 0 Å². The molecule has 7 heteroatoms. The summed E-state index contributed by atoms with van der Waals surface area (Å²) in [5, 5.41) is -0.0770. The van der Waals surface area contributed by atoms with Gasteiger partial charge in [0.05, 0.1) is 10.6 Å². The van der Waals surface area contributed by atoms with Crippen LogP contribution in [0.4, 0.5) is 13.2 Å². The highest BCUT2D eigenvalue weighted by atomic mass is 35.5. The quantitative estimate of drug-likeness (QED) is 0.792. The molecule has 0 saturated heterocycles. The van der Waals surface area contributed by atoms with E-state index in [4.69, 9.17) is 17.3 Å². The molecule has 3 nitrogen and oxygen atoms in total. The smallest absolute Gasteiger partial charge is 0.366 e. The maximum atomic E-state index is 12.2. The lowest BCUT2D eigenvalue weighted by molar-refractivity contribution is -0.141. The zero-order valence-electron chi connectivity index (χ0n) is 6.60. The SMILES string of the molecule is NC(=O)c1cc(Cl)cnc1C(F)(F)F. The molecule has 0 aliphatic carbocycles. The number of aromatic nitrogens is 1. The fourth-order valence-electron chi connectivity index (χ4n) is 0.853. The summed E-state index contributed by atoms with van der Waals surface area (Å²) in [7, 11) is 0. The lowest BCUT2D eigenvalue weighted by atomic mass is 10.2. The monoisotopic (exact) mass is 224 g/mol. The summed E-state index contributed by atoms with van der Waals surface area (Å²) < 4.78 is 36.7. The normalized spacial score (nSPS) is 11.4. The van der Waals surface area contributed by atoms with Gasteiger partial charge in [-0.1, -0.05) is 11.6 Å².